The van der Waals surface area contributed by atoms with E-state index in [1.165, 1.54) is 26.0 Å². The van der Waals surface area contributed by atoms with Crippen molar-refractivity contribution >= 4 is 17.7 Å². The number of phenolic OH excluding ortho intramolecular Hbond substituents is 1. The minimum absolute atomic E-state index is 0.0401. The first-order chi connectivity index (χ1) is 14.0. The molecule has 1 aromatic heterocycles. The van der Waals surface area contributed by atoms with Crippen LogP contribution < -0.4 is 0 Å². The number of aliphatic hydroxyl groups is 1. The number of benzene rings is 1. The molecule has 3 N–H and O–H groups in total. The van der Waals surface area contributed by atoms with Crippen LogP contribution in [-0.4, -0.2) is 46.1 Å². The fourth-order valence-electron chi connectivity index (χ4n) is 3.19. The Morgan fingerprint density at radius 3 is 2.43 bits per heavy atom. The number of carbonyl (C=O) groups is 3. The maximum absolute atomic E-state index is 12.7. The molecule has 8 nitrogen and oxygen atoms in total. The Morgan fingerprint density at radius 1 is 1.17 bits per heavy atom. The van der Waals surface area contributed by atoms with Crippen molar-refractivity contribution in [3.8, 4) is 5.75 Å². The van der Waals surface area contributed by atoms with Gasteiger partial charge < -0.3 is 24.7 Å². The third-order valence-corrected chi connectivity index (χ3v) is 4.93. The number of nitrogens with one attached hydrogen (secondary N) is 1. The summed E-state index contributed by atoms with van der Waals surface area (Å²) in [4.78, 5) is 40.1. The third-order valence-electron chi connectivity index (χ3n) is 4.93. The van der Waals surface area contributed by atoms with Gasteiger partial charge in [-0.15, -0.1) is 0 Å². The van der Waals surface area contributed by atoms with Gasteiger partial charge in [-0.3, -0.25) is 9.59 Å². The van der Waals surface area contributed by atoms with Crippen LogP contribution in [0.1, 0.15) is 64.5 Å². The Morgan fingerprint density at radius 2 is 1.83 bits per heavy atom. The standard InChI is InChI=1S/C22H27NO7/c1-6-29-20(27)18-12(2)17(13(3)23-18)16(25)11-30-21(28)22(4,5)19(26)14-8-7-9-15(24)10-14/h7-10,19,23-24,26H,6,11H2,1-5H3/t19-/m0/s1. The van der Waals surface area contributed by atoms with Gasteiger partial charge in [0.25, 0.3) is 0 Å². The Balaban J connectivity index is 2.12. The van der Waals surface area contributed by atoms with Crippen molar-refractivity contribution in [2.45, 2.75) is 40.7 Å². The number of aromatic nitrogens is 1. The summed E-state index contributed by atoms with van der Waals surface area (Å²) in [5, 5.41) is 20.2. The topological polar surface area (TPSA) is 126 Å². The normalized spacial score (nSPS) is 12.3. The molecule has 162 valence electrons. The first-order valence-electron chi connectivity index (χ1n) is 9.54. The first kappa shape index (κ1) is 23.2. The number of carbonyl (C=O) groups excluding carboxylic acids is 3. The number of hydrogen-bond donors (Lipinski definition) is 3. The van der Waals surface area contributed by atoms with Crippen molar-refractivity contribution in [3.63, 3.8) is 0 Å². The highest BCUT2D eigenvalue weighted by Crippen LogP contribution is 2.35. The van der Waals surface area contributed by atoms with Crippen LogP contribution in [0.2, 0.25) is 0 Å². The number of aromatic hydroxyl groups is 1. The number of phenols is 1. The number of H-pyrrole nitrogens is 1. The molecule has 0 unspecified atom stereocenters. The van der Waals surface area contributed by atoms with Crippen molar-refractivity contribution in [1.82, 2.24) is 4.98 Å². The van der Waals surface area contributed by atoms with E-state index in [9.17, 15) is 24.6 Å². The minimum atomic E-state index is -1.37. The van der Waals surface area contributed by atoms with Gasteiger partial charge in [0.15, 0.2) is 6.61 Å². The molecule has 30 heavy (non-hydrogen) atoms. The van der Waals surface area contributed by atoms with Crippen LogP contribution in [0.4, 0.5) is 0 Å². The predicted octanol–water partition coefficient (Wildman–Crippen LogP) is 3.00. The molecule has 2 aromatic rings. The van der Waals surface area contributed by atoms with Gasteiger partial charge in [0, 0.05) is 11.3 Å². The van der Waals surface area contributed by atoms with Gasteiger partial charge in [0.05, 0.1) is 18.1 Å². The summed E-state index contributed by atoms with van der Waals surface area (Å²) >= 11 is 0. The number of aryl methyl sites for hydroxylation is 1. The van der Waals surface area contributed by atoms with E-state index in [4.69, 9.17) is 9.47 Å². The van der Waals surface area contributed by atoms with Crippen molar-refractivity contribution in [2.75, 3.05) is 13.2 Å². The molecule has 1 heterocycles. The second-order valence-electron chi connectivity index (χ2n) is 7.56. The second kappa shape index (κ2) is 9.13. The van der Waals surface area contributed by atoms with Crippen LogP contribution in [0.25, 0.3) is 0 Å². The summed E-state index contributed by atoms with van der Waals surface area (Å²) in [6.45, 7) is 7.56. The lowest BCUT2D eigenvalue weighted by Gasteiger charge is -2.28. The van der Waals surface area contributed by atoms with E-state index < -0.39 is 35.8 Å². The van der Waals surface area contributed by atoms with Gasteiger partial charge in [-0.05, 0) is 57.9 Å². The molecule has 0 aliphatic rings. The Hall–Kier alpha value is -3.13. The summed E-state index contributed by atoms with van der Waals surface area (Å²) in [6, 6.07) is 5.94. The number of hydrogen-bond acceptors (Lipinski definition) is 7. The zero-order chi connectivity index (χ0) is 22.6. The van der Waals surface area contributed by atoms with E-state index in [1.54, 1.807) is 32.9 Å². The Kier molecular flexibility index (Phi) is 7.04. The number of esters is 2. The maximum Gasteiger partial charge on any atom is 0.355 e. The van der Waals surface area contributed by atoms with Gasteiger partial charge in [-0.1, -0.05) is 12.1 Å². The number of Topliss-reactive ketones (excluding diaryl/α,β-unsaturated/α-hetero) is 1. The number of rotatable bonds is 8. The molecule has 0 saturated carbocycles. The molecule has 8 heteroatoms. The van der Waals surface area contributed by atoms with E-state index >= 15 is 0 Å². The molecule has 0 aliphatic carbocycles. The van der Waals surface area contributed by atoms with Gasteiger partial charge in [0.2, 0.25) is 5.78 Å². The van der Waals surface area contributed by atoms with Crippen molar-refractivity contribution in [3.05, 3.63) is 52.3 Å². The molecular formula is C22H27NO7. The fraction of sp³-hybridized carbons (Fsp3) is 0.409. The minimum Gasteiger partial charge on any atom is -0.508 e. The molecule has 0 fully saturated rings. The average molecular weight is 417 g/mol. The summed E-state index contributed by atoms with van der Waals surface area (Å²) in [7, 11) is 0. The quantitative estimate of drug-likeness (QED) is 0.445. The lowest BCUT2D eigenvalue weighted by atomic mass is 9.82. The SMILES string of the molecule is CCOC(=O)c1[nH]c(C)c(C(=O)COC(=O)C(C)(C)[C@@H](O)c2cccc(O)c2)c1C. The van der Waals surface area contributed by atoms with Crippen LogP contribution in [0.3, 0.4) is 0 Å². The zero-order valence-corrected chi connectivity index (χ0v) is 17.7. The molecule has 0 spiro atoms. The highest BCUT2D eigenvalue weighted by molar-refractivity contribution is 6.03. The molecule has 0 bridgehead atoms. The molecular weight excluding hydrogens is 390 g/mol. The maximum atomic E-state index is 12.7. The monoisotopic (exact) mass is 417 g/mol. The molecule has 0 radical (unpaired) electrons. The zero-order valence-electron chi connectivity index (χ0n) is 17.7. The molecule has 2 rings (SSSR count). The van der Waals surface area contributed by atoms with E-state index in [-0.39, 0.29) is 23.6 Å². The van der Waals surface area contributed by atoms with Crippen LogP contribution in [-0.2, 0) is 14.3 Å². The van der Waals surface area contributed by atoms with Gasteiger partial charge in [-0.25, -0.2) is 4.79 Å². The number of ketones is 1. The summed E-state index contributed by atoms with van der Waals surface area (Å²) in [6.07, 6.45) is -1.25. The lowest BCUT2D eigenvalue weighted by Crippen LogP contribution is -2.34. The lowest BCUT2D eigenvalue weighted by molar-refractivity contribution is -0.159. The van der Waals surface area contributed by atoms with E-state index in [2.05, 4.69) is 4.98 Å². The van der Waals surface area contributed by atoms with E-state index in [1.807, 2.05) is 0 Å². The smallest absolute Gasteiger partial charge is 0.355 e. The Bertz CT molecular complexity index is 958. The van der Waals surface area contributed by atoms with Crippen LogP contribution in [0, 0.1) is 19.3 Å². The largest absolute Gasteiger partial charge is 0.508 e. The van der Waals surface area contributed by atoms with Crippen LogP contribution >= 0.6 is 0 Å². The van der Waals surface area contributed by atoms with Crippen molar-refractivity contribution in [1.29, 1.82) is 0 Å². The Labute approximate surface area is 174 Å². The van der Waals surface area contributed by atoms with Gasteiger partial charge in [-0.2, -0.15) is 0 Å². The summed E-state index contributed by atoms with van der Waals surface area (Å²) < 4.78 is 10.1. The van der Waals surface area contributed by atoms with Gasteiger partial charge in [0.1, 0.15) is 11.4 Å². The molecule has 0 amide bonds. The van der Waals surface area contributed by atoms with E-state index in [0.717, 1.165) is 0 Å². The molecule has 0 aliphatic heterocycles. The molecule has 0 saturated heterocycles. The van der Waals surface area contributed by atoms with Crippen LogP contribution in [0.5, 0.6) is 5.75 Å². The highest BCUT2D eigenvalue weighted by Gasteiger charge is 2.39. The molecule has 1 aromatic carbocycles. The second-order valence-corrected chi connectivity index (χ2v) is 7.56. The highest BCUT2D eigenvalue weighted by atomic mass is 16.5. The summed E-state index contributed by atoms with van der Waals surface area (Å²) in [5.74, 6) is -1.86. The fourth-order valence-corrected chi connectivity index (χ4v) is 3.19. The number of ether oxygens (including phenoxy) is 2. The van der Waals surface area contributed by atoms with Crippen molar-refractivity contribution in [2.24, 2.45) is 5.41 Å². The van der Waals surface area contributed by atoms with Crippen molar-refractivity contribution < 1.29 is 34.1 Å². The third kappa shape index (κ3) is 4.71. The average Bonchev–Trinajstić information content (AvgIpc) is 2.99. The molecule has 1 atom stereocenters. The number of aromatic amines is 1. The predicted molar refractivity (Wildman–Crippen MR) is 108 cm³/mol. The van der Waals surface area contributed by atoms with E-state index in [0.29, 0.717) is 16.8 Å². The summed E-state index contributed by atoms with van der Waals surface area (Å²) in [5.41, 5.74) is 0.314. The van der Waals surface area contributed by atoms with Crippen LogP contribution in [0.15, 0.2) is 24.3 Å². The number of aliphatic hydroxyl groups excluding tert-OH is 1. The van der Waals surface area contributed by atoms with Gasteiger partial charge >= 0.3 is 11.9 Å². The first-order valence-corrected chi connectivity index (χ1v) is 9.54.